The molecule has 0 spiro atoms. The molecule has 0 fully saturated rings. The Kier molecular flexibility index (Phi) is 7.79. The number of anilines is 1. The molecule has 0 aliphatic rings. The van der Waals surface area contributed by atoms with Crippen molar-refractivity contribution in [2.45, 2.75) is 0 Å². The summed E-state index contributed by atoms with van der Waals surface area (Å²) in [5, 5.41) is 3.14. The fourth-order valence-corrected chi connectivity index (χ4v) is 2.51. The van der Waals surface area contributed by atoms with Crippen LogP contribution >= 0.6 is 11.6 Å². The quantitative estimate of drug-likeness (QED) is 0.610. The molecule has 0 saturated carbocycles. The summed E-state index contributed by atoms with van der Waals surface area (Å²) in [7, 11) is 3.09. The van der Waals surface area contributed by atoms with Crippen LogP contribution in [0.25, 0.3) is 0 Å². The lowest BCUT2D eigenvalue weighted by atomic mass is 10.2. The predicted molar refractivity (Wildman–Crippen MR) is 106 cm³/mol. The molecule has 3 N–H and O–H groups in total. The van der Waals surface area contributed by atoms with Gasteiger partial charge in [0.2, 0.25) is 5.91 Å². The van der Waals surface area contributed by atoms with E-state index in [9.17, 15) is 14.4 Å². The first-order valence-electron chi connectivity index (χ1n) is 8.35. The Labute approximate surface area is 167 Å². The fraction of sp³-hybridized carbons (Fsp3) is 0.211. The lowest BCUT2D eigenvalue weighted by Crippen LogP contribution is -2.46. The van der Waals surface area contributed by atoms with Gasteiger partial charge in [-0.15, -0.1) is 0 Å². The summed E-state index contributed by atoms with van der Waals surface area (Å²) in [5.41, 5.74) is 5.49. The minimum atomic E-state index is -0.458. The Morgan fingerprint density at radius 3 is 2.36 bits per heavy atom. The van der Waals surface area contributed by atoms with Gasteiger partial charge in [-0.2, -0.15) is 0 Å². The Balaban J connectivity index is 1.79. The lowest BCUT2D eigenvalue weighted by Gasteiger charge is -2.17. The highest BCUT2D eigenvalue weighted by Gasteiger charge is 2.14. The van der Waals surface area contributed by atoms with Gasteiger partial charge >= 0.3 is 0 Å². The molecule has 0 heterocycles. The Bertz CT molecular complexity index is 845. The van der Waals surface area contributed by atoms with Crippen molar-refractivity contribution in [3.63, 3.8) is 0 Å². The number of methoxy groups -OCH3 is 1. The summed E-state index contributed by atoms with van der Waals surface area (Å²) in [6.45, 7) is -0.134. The van der Waals surface area contributed by atoms with E-state index in [1.54, 1.807) is 55.6 Å². The summed E-state index contributed by atoms with van der Waals surface area (Å²) in [5.74, 6) is -0.756. The van der Waals surface area contributed by atoms with E-state index in [4.69, 9.17) is 16.3 Å². The van der Waals surface area contributed by atoms with Gasteiger partial charge in [0, 0.05) is 10.6 Å². The molecule has 2 rings (SSSR count). The molecule has 2 aromatic rings. The van der Waals surface area contributed by atoms with E-state index in [0.717, 1.165) is 0 Å². The van der Waals surface area contributed by atoms with Crippen LogP contribution in [0.1, 0.15) is 10.4 Å². The van der Waals surface area contributed by atoms with Gasteiger partial charge in [0.1, 0.15) is 5.75 Å². The van der Waals surface area contributed by atoms with Crippen molar-refractivity contribution in [1.82, 2.24) is 15.8 Å². The van der Waals surface area contributed by atoms with Gasteiger partial charge in [0.05, 0.1) is 25.9 Å². The second-order valence-corrected chi connectivity index (χ2v) is 6.37. The molecule has 2 aromatic carbocycles. The van der Waals surface area contributed by atoms with Gasteiger partial charge < -0.3 is 10.1 Å². The SMILES string of the molecule is COc1ccc(Cl)cc1NC(=O)CN(C)CC(=O)NNC(=O)c1ccccc1. The van der Waals surface area contributed by atoms with Crippen molar-refractivity contribution in [3.8, 4) is 5.75 Å². The normalized spacial score (nSPS) is 10.3. The van der Waals surface area contributed by atoms with Gasteiger partial charge in [-0.05, 0) is 37.4 Å². The van der Waals surface area contributed by atoms with E-state index in [1.165, 1.54) is 12.0 Å². The number of likely N-dealkylation sites (N-methyl/N-ethyl adjacent to an activating group) is 1. The second kappa shape index (κ2) is 10.3. The van der Waals surface area contributed by atoms with Crippen LogP contribution in [0.2, 0.25) is 5.02 Å². The first kappa shape index (κ1) is 21.2. The number of hydrogen-bond donors (Lipinski definition) is 3. The van der Waals surface area contributed by atoms with Gasteiger partial charge in [-0.25, -0.2) is 0 Å². The molecule has 0 atom stereocenters. The molecule has 0 aliphatic heterocycles. The summed E-state index contributed by atoms with van der Waals surface area (Å²) < 4.78 is 5.17. The van der Waals surface area contributed by atoms with E-state index >= 15 is 0 Å². The predicted octanol–water partition coefficient (Wildman–Crippen LogP) is 1.68. The molecule has 0 bridgehead atoms. The third-order valence-electron chi connectivity index (χ3n) is 3.61. The number of ether oxygens (including phenoxy) is 1. The minimum Gasteiger partial charge on any atom is -0.495 e. The maximum Gasteiger partial charge on any atom is 0.269 e. The van der Waals surface area contributed by atoms with Gasteiger partial charge in [0.15, 0.2) is 0 Å². The van der Waals surface area contributed by atoms with Gasteiger partial charge in [-0.1, -0.05) is 29.8 Å². The van der Waals surface area contributed by atoms with Crippen LogP contribution in [-0.4, -0.2) is 49.9 Å². The van der Waals surface area contributed by atoms with Crippen LogP contribution in [0.4, 0.5) is 5.69 Å². The minimum absolute atomic E-state index is 0.0459. The zero-order valence-corrected chi connectivity index (χ0v) is 16.2. The highest BCUT2D eigenvalue weighted by atomic mass is 35.5. The molecule has 9 heteroatoms. The average molecular weight is 405 g/mol. The average Bonchev–Trinajstić information content (AvgIpc) is 2.66. The van der Waals surface area contributed by atoms with Crippen LogP contribution < -0.4 is 20.9 Å². The lowest BCUT2D eigenvalue weighted by molar-refractivity contribution is -0.123. The van der Waals surface area contributed by atoms with E-state index in [0.29, 0.717) is 22.0 Å². The van der Waals surface area contributed by atoms with Crippen LogP contribution in [0, 0.1) is 0 Å². The standard InChI is InChI=1S/C19H21ClN4O4/c1-24(11-17(25)21-15-10-14(20)8-9-16(15)28-2)12-18(26)22-23-19(27)13-6-4-3-5-7-13/h3-10H,11-12H2,1-2H3,(H,21,25)(H,22,26)(H,23,27). The number of hydrazine groups is 1. The first-order chi connectivity index (χ1) is 13.4. The molecular formula is C19H21ClN4O4. The number of carbonyl (C=O) groups excluding carboxylic acids is 3. The molecule has 8 nitrogen and oxygen atoms in total. The number of carbonyl (C=O) groups is 3. The molecule has 0 aliphatic carbocycles. The van der Waals surface area contributed by atoms with Crippen LogP contribution in [0.5, 0.6) is 5.75 Å². The zero-order chi connectivity index (χ0) is 20.5. The van der Waals surface area contributed by atoms with E-state index < -0.39 is 11.8 Å². The molecule has 0 radical (unpaired) electrons. The smallest absolute Gasteiger partial charge is 0.269 e. The molecule has 0 saturated heterocycles. The Hall–Kier alpha value is -3.10. The topological polar surface area (TPSA) is 99.8 Å². The van der Waals surface area contributed by atoms with E-state index in [-0.39, 0.29) is 19.0 Å². The van der Waals surface area contributed by atoms with Crippen molar-refractivity contribution in [2.24, 2.45) is 0 Å². The molecular weight excluding hydrogens is 384 g/mol. The number of halogens is 1. The highest BCUT2D eigenvalue weighted by Crippen LogP contribution is 2.27. The second-order valence-electron chi connectivity index (χ2n) is 5.93. The summed E-state index contributed by atoms with van der Waals surface area (Å²) in [6.07, 6.45) is 0. The van der Waals surface area contributed by atoms with Crippen LogP contribution in [0.3, 0.4) is 0 Å². The molecule has 28 heavy (non-hydrogen) atoms. The monoisotopic (exact) mass is 404 g/mol. The third kappa shape index (κ3) is 6.57. The number of benzene rings is 2. The number of hydrogen-bond acceptors (Lipinski definition) is 5. The molecule has 3 amide bonds. The van der Waals surface area contributed by atoms with Crippen molar-refractivity contribution in [2.75, 3.05) is 32.6 Å². The third-order valence-corrected chi connectivity index (χ3v) is 3.85. The molecule has 148 valence electrons. The molecule has 0 unspecified atom stereocenters. The fourth-order valence-electron chi connectivity index (χ4n) is 2.34. The van der Waals surface area contributed by atoms with Crippen molar-refractivity contribution >= 4 is 35.0 Å². The maximum absolute atomic E-state index is 12.2. The number of amides is 3. The van der Waals surface area contributed by atoms with E-state index in [2.05, 4.69) is 16.2 Å². The Morgan fingerprint density at radius 1 is 1.00 bits per heavy atom. The Morgan fingerprint density at radius 2 is 1.68 bits per heavy atom. The van der Waals surface area contributed by atoms with Crippen LogP contribution in [0.15, 0.2) is 48.5 Å². The van der Waals surface area contributed by atoms with Gasteiger partial charge in [0.25, 0.3) is 11.8 Å². The number of rotatable bonds is 7. The zero-order valence-electron chi connectivity index (χ0n) is 15.5. The maximum atomic E-state index is 12.2. The van der Waals surface area contributed by atoms with Crippen molar-refractivity contribution in [3.05, 3.63) is 59.1 Å². The van der Waals surface area contributed by atoms with E-state index in [1.807, 2.05) is 0 Å². The first-order valence-corrected chi connectivity index (χ1v) is 8.73. The summed E-state index contributed by atoms with van der Waals surface area (Å²) >= 11 is 5.93. The summed E-state index contributed by atoms with van der Waals surface area (Å²) in [6, 6.07) is 13.3. The van der Waals surface area contributed by atoms with Gasteiger partial charge in [-0.3, -0.25) is 30.1 Å². The van der Waals surface area contributed by atoms with Crippen molar-refractivity contribution < 1.29 is 19.1 Å². The summed E-state index contributed by atoms with van der Waals surface area (Å²) in [4.78, 5) is 37.5. The van der Waals surface area contributed by atoms with Crippen LogP contribution in [-0.2, 0) is 9.59 Å². The number of nitrogens with zero attached hydrogens (tertiary/aromatic N) is 1. The largest absolute Gasteiger partial charge is 0.495 e. The number of nitrogens with one attached hydrogen (secondary N) is 3. The molecule has 0 aromatic heterocycles. The highest BCUT2D eigenvalue weighted by molar-refractivity contribution is 6.31. The van der Waals surface area contributed by atoms with Crippen molar-refractivity contribution in [1.29, 1.82) is 0 Å².